The van der Waals surface area contributed by atoms with Gasteiger partial charge >= 0.3 is 6.18 Å². The van der Waals surface area contributed by atoms with E-state index < -0.39 is 17.8 Å². The monoisotopic (exact) mass is 288 g/mol. The number of nitrogen functional groups attached to an aromatic ring is 1. The van der Waals surface area contributed by atoms with E-state index in [1.807, 2.05) is 4.90 Å². The molecule has 1 saturated heterocycles. The van der Waals surface area contributed by atoms with Crippen molar-refractivity contribution in [2.24, 2.45) is 5.92 Å². The quantitative estimate of drug-likeness (QED) is 0.840. The van der Waals surface area contributed by atoms with Crippen molar-refractivity contribution in [3.05, 3.63) is 29.3 Å². The lowest BCUT2D eigenvalue weighted by molar-refractivity contribution is -0.138. The fourth-order valence-corrected chi connectivity index (χ4v) is 2.64. The van der Waals surface area contributed by atoms with Crippen LogP contribution in [0, 0.1) is 5.92 Å². The number of nitrogens with two attached hydrogens (primary N) is 1. The molecule has 1 fully saturated rings. The number of hydrogen-bond acceptors (Lipinski definition) is 3. The highest BCUT2D eigenvalue weighted by molar-refractivity contribution is 5.46. The number of halogens is 3. The molecule has 2 unspecified atom stereocenters. The molecule has 1 aliphatic heterocycles. The molecule has 3 N–H and O–H groups in total. The molecular formula is C14H19F3N2O. The van der Waals surface area contributed by atoms with Crippen LogP contribution in [-0.4, -0.2) is 29.2 Å². The van der Waals surface area contributed by atoms with Crippen molar-refractivity contribution in [2.75, 3.05) is 18.8 Å². The third-order valence-corrected chi connectivity index (χ3v) is 3.82. The summed E-state index contributed by atoms with van der Waals surface area (Å²) < 4.78 is 39.0. The van der Waals surface area contributed by atoms with Gasteiger partial charge in [0.05, 0.1) is 11.7 Å². The predicted octanol–water partition coefficient (Wildman–Crippen LogP) is 2.49. The van der Waals surface area contributed by atoms with Crippen LogP contribution < -0.4 is 5.73 Å². The van der Waals surface area contributed by atoms with Crippen molar-refractivity contribution in [3.63, 3.8) is 0 Å². The van der Waals surface area contributed by atoms with Gasteiger partial charge in [-0.05, 0) is 43.5 Å². The zero-order valence-electron chi connectivity index (χ0n) is 11.3. The van der Waals surface area contributed by atoms with Crippen LogP contribution in [0.2, 0.25) is 0 Å². The van der Waals surface area contributed by atoms with Gasteiger partial charge in [-0.3, -0.25) is 4.90 Å². The third-order valence-electron chi connectivity index (χ3n) is 3.82. The van der Waals surface area contributed by atoms with Crippen LogP contribution in [0.25, 0.3) is 0 Å². The Morgan fingerprint density at radius 3 is 2.70 bits per heavy atom. The summed E-state index contributed by atoms with van der Waals surface area (Å²) in [6.07, 6.45) is -4.00. The maximum Gasteiger partial charge on any atom is 0.416 e. The van der Waals surface area contributed by atoms with Crippen molar-refractivity contribution in [1.29, 1.82) is 0 Å². The Bertz CT molecular complexity index is 474. The number of hydrogen-bond donors (Lipinski definition) is 2. The van der Waals surface area contributed by atoms with Crippen LogP contribution in [0.4, 0.5) is 18.9 Å². The van der Waals surface area contributed by atoms with Gasteiger partial charge in [-0.15, -0.1) is 0 Å². The van der Waals surface area contributed by atoms with Crippen LogP contribution in [0.3, 0.4) is 0 Å². The standard InChI is InChI=1S/C14H19F3N2O/c1-9(20)10-4-5-19(7-10)8-11-2-3-12(18)6-13(11)14(15,16)17/h2-3,6,9-10,20H,4-5,7-8,18H2,1H3. The summed E-state index contributed by atoms with van der Waals surface area (Å²) in [6, 6.07) is 3.91. The molecule has 0 saturated carbocycles. The van der Waals surface area contributed by atoms with E-state index in [9.17, 15) is 18.3 Å². The number of nitrogens with zero attached hydrogens (tertiary/aromatic N) is 1. The molecule has 1 aliphatic rings. The number of benzene rings is 1. The average Bonchev–Trinajstić information content (AvgIpc) is 2.79. The second-order valence-corrected chi connectivity index (χ2v) is 5.44. The molecule has 20 heavy (non-hydrogen) atoms. The first-order valence-electron chi connectivity index (χ1n) is 6.63. The fourth-order valence-electron chi connectivity index (χ4n) is 2.64. The Kier molecular flexibility index (Phi) is 4.25. The molecule has 3 nitrogen and oxygen atoms in total. The molecule has 0 aromatic heterocycles. The fraction of sp³-hybridized carbons (Fsp3) is 0.571. The summed E-state index contributed by atoms with van der Waals surface area (Å²) in [5, 5.41) is 9.53. The van der Waals surface area contributed by atoms with E-state index in [2.05, 4.69) is 0 Å². The first kappa shape index (κ1) is 15.1. The molecule has 1 aromatic carbocycles. The van der Waals surface area contributed by atoms with Crippen LogP contribution in [0.5, 0.6) is 0 Å². The second-order valence-electron chi connectivity index (χ2n) is 5.44. The normalized spacial score (nSPS) is 22.1. The molecule has 0 radical (unpaired) electrons. The van der Waals surface area contributed by atoms with Gasteiger partial charge in [0, 0.05) is 18.8 Å². The van der Waals surface area contributed by atoms with Crippen LogP contribution in [0.15, 0.2) is 18.2 Å². The van der Waals surface area contributed by atoms with Gasteiger partial charge in [0.25, 0.3) is 0 Å². The number of aliphatic hydroxyl groups is 1. The molecule has 0 aliphatic carbocycles. The van der Waals surface area contributed by atoms with E-state index in [1.54, 1.807) is 6.92 Å². The lowest BCUT2D eigenvalue weighted by Crippen LogP contribution is -2.25. The lowest BCUT2D eigenvalue weighted by Gasteiger charge is -2.20. The van der Waals surface area contributed by atoms with Gasteiger partial charge in [0.1, 0.15) is 0 Å². The maximum absolute atomic E-state index is 13.0. The van der Waals surface area contributed by atoms with Crippen LogP contribution in [-0.2, 0) is 12.7 Å². The minimum absolute atomic E-state index is 0.115. The van der Waals surface area contributed by atoms with E-state index in [0.717, 1.165) is 12.5 Å². The van der Waals surface area contributed by atoms with Crippen molar-refractivity contribution < 1.29 is 18.3 Å². The van der Waals surface area contributed by atoms with Crippen molar-refractivity contribution in [1.82, 2.24) is 4.90 Å². The molecule has 0 spiro atoms. The van der Waals surface area contributed by atoms with E-state index in [0.29, 0.717) is 13.1 Å². The molecule has 112 valence electrons. The van der Waals surface area contributed by atoms with Crippen LogP contribution >= 0.6 is 0 Å². The summed E-state index contributed by atoms with van der Waals surface area (Å²) >= 11 is 0. The number of rotatable bonds is 3. The smallest absolute Gasteiger partial charge is 0.399 e. The topological polar surface area (TPSA) is 49.5 Å². The summed E-state index contributed by atoms with van der Waals surface area (Å²) in [4.78, 5) is 1.94. The van der Waals surface area contributed by atoms with Gasteiger partial charge in [0.2, 0.25) is 0 Å². The Morgan fingerprint density at radius 2 is 2.15 bits per heavy atom. The number of likely N-dealkylation sites (tertiary alicyclic amines) is 1. The summed E-state index contributed by atoms with van der Waals surface area (Å²) in [7, 11) is 0. The largest absolute Gasteiger partial charge is 0.416 e. The summed E-state index contributed by atoms with van der Waals surface area (Å²) in [5.41, 5.74) is 5.13. The summed E-state index contributed by atoms with van der Waals surface area (Å²) in [6.45, 7) is 3.29. The van der Waals surface area contributed by atoms with Crippen LogP contribution in [0.1, 0.15) is 24.5 Å². The number of aliphatic hydroxyl groups excluding tert-OH is 1. The van der Waals surface area contributed by atoms with E-state index in [4.69, 9.17) is 5.73 Å². The molecule has 1 aromatic rings. The molecular weight excluding hydrogens is 269 g/mol. The molecule has 6 heteroatoms. The number of alkyl halides is 3. The highest BCUT2D eigenvalue weighted by atomic mass is 19.4. The molecule has 2 atom stereocenters. The Balaban J connectivity index is 2.14. The Labute approximate surface area is 116 Å². The van der Waals surface area contributed by atoms with Gasteiger partial charge < -0.3 is 10.8 Å². The zero-order chi connectivity index (χ0) is 14.9. The van der Waals surface area contributed by atoms with E-state index >= 15 is 0 Å². The lowest BCUT2D eigenvalue weighted by atomic mass is 10.0. The minimum atomic E-state index is -4.39. The number of anilines is 1. The predicted molar refractivity (Wildman–Crippen MR) is 70.9 cm³/mol. The van der Waals surface area contributed by atoms with Gasteiger partial charge in [-0.1, -0.05) is 6.07 Å². The molecule has 1 heterocycles. The Morgan fingerprint density at radius 1 is 1.45 bits per heavy atom. The van der Waals surface area contributed by atoms with Crippen molar-refractivity contribution >= 4 is 5.69 Å². The highest BCUT2D eigenvalue weighted by Crippen LogP contribution is 2.34. The first-order valence-corrected chi connectivity index (χ1v) is 6.63. The minimum Gasteiger partial charge on any atom is -0.399 e. The van der Waals surface area contributed by atoms with Crippen molar-refractivity contribution in [2.45, 2.75) is 32.2 Å². The molecule has 2 rings (SSSR count). The zero-order valence-corrected chi connectivity index (χ0v) is 11.3. The average molecular weight is 288 g/mol. The SMILES string of the molecule is CC(O)C1CCN(Cc2ccc(N)cc2C(F)(F)F)C1. The first-order chi connectivity index (χ1) is 9.27. The molecule has 0 amide bonds. The summed E-state index contributed by atoms with van der Waals surface area (Å²) in [5.74, 6) is 0.137. The molecule has 0 bridgehead atoms. The van der Waals surface area contributed by atoms with Gasteiger partial charge in [0.15, 0.2) is 0 Å². The van der Waals surface area contributed by atoms with Gasteiger partial charge in [-0.25, -0.2) is 0 Å². The third kappa shape index (κ3) is 3.43. The highest BCUT2D eigenvalue weighted by Gasteiger charge is 2.34. The maximum atomic E-state index is 13.0. The Hall–Kier alpha value is -1.27. The van der Waals surface area contributed by atoms with E-state index in [1.165, 1.54) is 12.1 Å². The van der Waals surface area contributed by atoms with Crippen molar-refractivity contribution in [3.8, 4) is 0 Å². The van der Waals surface area contributed by atoms with Gasteiger partial charge in [-0.2, -0.15) is 13.2 Å². The van der Waals surface area contributed by atoms with E-state index in [-0.39, 0.29) is 23.7 Å². The second kappa shape index (κ2) is 5.61.